The summed E-state index contributed by atoms with van der Waals surface area (Å²) in [4.78, 5) is 9.31. The second-order valence-electron chi connectivity index (χ2n) is 5.79. The second-order valence-corrected chi connectivity index (χ2v) is 6.91. The summed E-state index contributed by atoms with van der Waals surface area (Å²) in [6.07, 6.45) is 4.89. The Labute approximate surface area is 145 Å². The van der Waals surface area contributed by atoms with Crippen molar-refractivity contribution in [3.05, 3.63) is 47.0 Å². The van der Waals surface area contributed by atoms with Crippen LogP contribution in [0.4, 0.5) is 5.82 Å². The van der Waals surface area contributed by atoms with Crippen molar-refractivity contribution in [1.29, 1.82) is 0 Å². The quantitative estimate of drug-likeness (QED) is 0.676. The van der Waals surface area contributed by atoms with Crippen LogP contribution in [0, 0.1) is 0 Å². The highest BCUT2D eigenvalue weighted by atomic mass is 32.1. The molecule has 0 bridgehead atoms. The van der Waals surface area contributed by atoms with Crippen molar-refractivity contribution in [3.8, 4) is 11.1 Å². The molecule has 24 heavy (non-hydrogen) atoms. The number of aromatic nitrogens is 1. The van der Waals surface area contributed by atoms with Crippen LogP contribution in [0.1, 0.15) is 36.3 Å². The number of pyridine rings is 1. The number of benzene rings is 1. The van der Waals surface area contributed by atoms with Gasteiger partial charge in [-0.05, 0) is 35.6 Å². The zero-order valence-electron chi connectivity index (χ0n) is 13.9. The van der Waals surface area contributed by atoms with E-state index in [0.29, 0.717) is 5.82 Å². The first-order chi connectivity index (χ1) is 11.6. The fraction of sp³-hybridized carbons (Fsp3) is 0.263. The highest BCUT2D eigenvalue weighted by Gasteiger charge is 2.11. The van der Waals surface area contributed by atoms with E-state index in [1.807, 2.05) is 6.07 Å². The number of fused-ring (bicyclic) bond motifs is 1. The van der Waals surface area contributed by atoms with Crippen molar-refractivity contribution in [3.63, 3.8) is 0 Å². The molecule has 0 spiro atoms. The van der Waals surface area contributed by atoms with Crippen LogP contribution in [0.25, 0.3) is 21.2 Å². The number of thiophene rings is 1. The Bertz CT molecular complexity index is 885. The van der Waals surface area contributed by atoms with Gasteiger partial charge in [0.25, 0.3) is 0 Å². The van der Waals surface area contributed by atoms with Crippen molar-refractivity contribution >= 4 is 33.5 Å². The summed E-state index contributed by atoms with van der Waals surface area (Å²) in [5.41, 5.74) is 8.79. The first-order valence-electron chi connectivity index (χ1n) is 8.02. The summed E-state index contributed by atoms with van der Waals surface area (Å²) in [7, 11) is 1.72. The molecule has 2 heterocycles. The van der Waals surface area contributed by atoms with Crippen LogP contribution in [0.2, 0.25) is 0 Å². The topological polar surface area (TPSA) is 71.5 Å². The lowest BCUT2D eigenvalue weighted by Crippen LogP contribution is -1.97. The van der Waals surface area contributed by atoms with E-state index in [1.54, 1.807) is 30.8 Å². The van der Waals surface area contributed by atoms with Crippen molar-refractivity contribution < 1.29 is 5.11 Å². The molecule has 124 valence electrons. The number of aliphatic hydroxyl groups excluding tert-OH is 1. The van der Waals surface area contributed by atoms with Gasteiger partial charge in [0, 0.05) is 40.2 Å². The average Bonchev–Trinajstić information content (AvgIpc) is 3.00. The lowest BCUT2D eigenvalue weighted by molar-refractivity contribution is 0.170. The van der Waals surface area contributed by atoms with E-state index >= 15 is 0 Å². The van der Waals surface area contributed by atoms with Gasteiger partial charge in [-0.3, -0.25) is 4.99 Å². The maximum absolute atomic E-state index is 10.2. The van der Waals surface area contributed by atoms with Gasteiger partial charge in [-0.15, -0.1) is 11.3 Å². The minimum Gasteiger partial charge on any atom is -0.388 e. The second kappa shape index (κ2) is 7.11. The molecule has 0 saturated heterocycles. The lowest BCUT2D eigenvalue weighted by Gasteiger charge is -2.05. The molecule has 4 nitrogen and oxygen atoms in total. The first kappa shape index (κ1) is 16.6. The third-order valence-corrected chi connectivity index (χ3v) is 5.18. The van der Waals surface area contributed by atoms with Gasteiger partial charge in [-0.2, -0.15) is 0 Å². The molecule has 3 N–H and O–H groups in total. The highest BCUT2D eigenvalue weighted by molar-refractivity contribution is 7.19. The Morgan fingerprint density at radius 2 is 2.12 bits per heavy atom. The minimum atomic E-state index is -0.374. The van der Waals surface area contributed by atoms with Gasteiger partial charge in [0.15, 0.2) is 0 Å². The number of nitrogens with zero attached hydrogens (tertiary/aromatic N) is 2. The van der Waals surface area contributed by atoms with Gasteiger partial charge in [0.2, 0.25) is 0 Å². The molecule has 0 aliphatic rings. The molecular weight excluding hydrogens is 318 g/mol. The number of nitrogen functional groups attached to an aromatic ring is 1. The molecular formula is C19H21N3OS. The van der Waals surface area contributed by atoms with E-state index in [4.69, 9.17) is 5.73 Å². The third-order valence-electron chi connectivity index (χ3n) is 3.98. The Hall–Kier alpha value is -2.24. The molecule has 1 unspecified atom stereocenters. The number of rotatable bonds is 5. The maximum atomic E-state index is 10.2. The van der Waals surface area contributed by atoms with Crippen molar-refractivity contribution in [2.45, 2.75) is 25.9 Å². The Morgan fingerprint density at radius 3 is 2.88 bits per heavy atom. The number of hydrogen-bond donors (Lipinski definition) is 2. The molecule has 2 aromatic heterocycles. The number of anilines is 1. The molecule has 0 aliphatic heterocycles. The number of aliphatic imine (C=N–C) groups is 1. The molecule has 0 aliphatic carbocycles. The molecule has 3 rings (SSSR count). The summed E-state index contributed by atoms with van der Waals surface area (Å²) in [5, 5.41) is 11.4. The van der Waals surface area contributed by atoms with Crippen molar-refractivity contribution in [2.24, 2.45) is 4.99 Å². The van der Waals surface area contributed by atoms with Crippen LogP contribution < -0.4 is 5.73 Å². The first-order valence-corrected chi connectivity index (χ1v) is 8.83. The summed E-state index contributed by atoms with van der Waals surface area (Å²) < 4.78 is 1.17. The van der Waals surface area contributed by atoms with Crippen molar-refractivity contribution in [1.82, 2.24) is 4.98 Å². The van der Waals surface area contributed by atoms with E-state index in [-0.39, 0.29) is 6.10 Å². The molecule has 0 amide bonds. The fourth-order valence-corrected chi connectivity index (χ4v) is 3.83. The molecule has 0 fully saturated rings. The summed E-state index contributed by atoms with van der Waals surface area (Å²) >= 11 is 1.65. The summed E-state index contributed by atoms with van der Waals surface area (Å²) in [6, 6.07) is 10.4. The number of aliphatic hydroxyl groups is 1. The van der Waals surface area contributed by atoms with Crippen LogP contribution in [0.15, 0.2) is 41.5 Å². The standard InChI is InChI=1S/C19H21N3OS/c1-3-4-16(23)18-9-13-6-5-12(8-17(13)24-18)14-7-15(10-21-2)19(20)22-11-14/h5-11,16,23H,3-4H2,1-2H3,(H2,20,22). The van der Waals surface area contributed by atoms with Gasteiger partial charge in [-0.25, -0.2) is 4.98 Å². The average molecular weight is 339 g/mol. The van der Waals surface area contributed by atoms with Crippen LogP contribution >= 0.6 is 11.3 Å². The Kier molecular flexibility index (Phi) is 4.92. The molecule has 3 aromatic rings. The molecule has 1 aromatic carbocycles. The zero-order valence-corrected chi connectivity index (χ0v) is 14.7. The van der Waals surface area contributed by atoms with Crippen LogP contribution in [0.3, 0.4) is 0 Å². The molecule has 0 radical (unpaired) electrons. The minimum absolute atomic E-state index is 0.374. The largest absolute Gasteiger partial charge is 0.388 e. The Morgan fingerprint density at radius 1 is 1.29 bits per heavy atom. The van der Waals surface area contributed by atoms with Gasteiger partial charge >= 0.3 is 0 Å². The molecule has 5 heteroatoms. The maximum Gasteiger partial charge on any atom is 0.132 e. The van der Waals surface area contributed by atoms with E-state index in [2.05, 4.69) is 41.2 Å². The zero-order chi connectivity index (χ0) is 17.1. The lowest BCUT2D eigenvalue weighted by atomic mass is 10.0. The smallest absolute Gasteiger partial charge is 0.132 e. The number of hydrogen-bond acceptors (Lipinski definition) is 5. The number of nitrogens with two attached hydrogens (primary N) is 1. The monoisotopic (exact) mass is 339 g/mol. The van der Waals surface area contributed by atoms with Crippen LogP contribution in [-0.4, -0.2) is 23.4 Å². The molecule has 0 saturated carbocycles. The van der Waals surface area contributed by atoms with Crippen molar-refractivity contribution in [2.75, 3.05) is 12.8 Å². The van der Waals surface area contributed by atoms with Gasteiger partial charge in [0.05, 0.1) is 6.10 Å². The van der Waals surface area contributed by atoms with Gasteiger partial charge in [-0.1, -0.05) is 25.5 Å². The summed E-state index contributed by atoms with van der Waals surface area (Å²) in [5.74, 6) is 0.478. The van der Waals surface area contributed by atoms with Gasteiger partial charge < -0.3 is 10.8 Å². The van der Waals surface area contributed by atoms with E-state index in [9.17, 15) is 5.11 Å². The van der Waals surface area contributed by atoms with E-state index in [0.717, 1.165) is 39.8 Å². The fourth-order valence-electron chi connectivity index (χ4n) is 2.70. The Balaban J connectivity index is 2.00. The highest BCUT2D eigenvalue weighted by Crippen LogP contribution is 2.34. The molecule has 1 atom stereocenters. The SMILES string of the molecule is CCCC(O)c1cc2ccc(-c3cnc(N)c(C=NC)c3)cc2s1. The third kappa shape index (κ3) is 3.32. The van der Waals surface area contributed by atoms with Gasteiger partial charge in [0.1, 0.15) is 5.82 Å². The van der Waals surface area contributed by atoms with Crippen LogP contribution in [-0.2, 0) is 0 Å². The normalized spacial score (nSPS) is 13.0. The van der Waals surface area contributed by atoms with E-state index < -0.39 is 0 Å². The summed E-state index contributed by atoms with van der Waals surface area (Å²) in [6.45, 7) is 2.08. The predicted octanol–water partition coefficient (Wildman–Crippen LogP) is 4.43. The van der Waals surface area contributed by atoms with E-state index in [1.165, 1.54) is 4.70 Å². The van der Waals surface area contributed by atoms with Crippen LogP contribution in [0.5, 0.6) is 0 Å². The predicted molar refractivity (Wildman–Crippen MR) is 103 cm³/mol.